The molecule has 256 valence electrons. The molecular formula is F8Li16O24P8. The molecule has 0 atom stereocenters. The minimum atomic E-state index is -5.64. The van der Waals surface area contributed by atoms with Gasteiger partial charge in [-0.25, -0.2) is 33.6 Å². The van der Waals surface area contributed by atoms with Gasteiger partial charge in [-0.2, -0.15) is 0 Å². The molecule has 0 aliphatic carbocycles. The van der Waals surface area contributed by atoms with Crippen LogP contribution in [0.15, 0.2) is 0 Å². The minimum absolute atomic E-state index is 0. The fourth-order valence-electron chi connectivity index (χ4n) is 0. The van der Waals surface area contributed by atoms with Crippen LogP contribution in [0.25, 0.3) is 0 Å². The van der Waals surface area contributed by atoms with Crippen LogP contribution in [0.1, 0.15) is 0 Å². The Labute approximate surface area is 505 Å². The maximum absolute atomic E-state index is 10.1. The zero-order chi connectivity index (χ0) is 36.0. The van der Waals surface area contributed by atoms with Crippen LogP contribution in [0.5, 0.6) is 0 Å². The monoisotopic (exact) mass is 896 g/mol. The third-order valence-corrected chi connectivity index (χ3v) is 0. The van der Waals surface area contributed by atoms with Crippen LogP contribution in [-0.2, 0) is 36.5 Å². The summed E-state index contributed by atoms with van der Waals surface area (Å²) in [4.78, 5) is 135. The standard InChI is InChI=1S/8FH2O3P.16Li/c8*1-5(2,3)4;;;;;;;;;;;;;;;;/h8*(H2,2,3,4);;;;;;;;;;;;;;;;/q;;;;;;;;16*+1/p-16. The molecule has 0 aromatic rings. The van der Waals surface area contributed by atoms with Gasteiger partial charge in [0.25, 0.3) is 0 Å². The van der Waals surface area contributed by atoms with Crippen molar-refractivity contribution >= 4 is 63.3 Å². The van der Waals surface area contributed by atoms with Crippen LogP contribution in [0.3, 0.4) is 0 Å². The molecule has 56 heteroatoms. The van der Waals surface area contributed by atoms with E-state index in [1.54, 1.807) is 0 Å². The van der Waals surface area contributed by atoms with Crippen molar-refractivity contribution in [2.24, 2.45) is 0 Å². The van der Waals surface area contributed by atoms with Crippen molar-refractivity contribution in [1.29, 1.82) is 0 Å². The first-order valence-corrected chi connectivity index (χ1v) is 17.2. The normalized spacial score (nSPS) is 8.43. The third-order valence-electron chi connectivity index (χ3n) is 0. The Morgan fingerprint density at radius 2 is 0.161 bits per heavy atom. The summed E-state index contributed by atoms with van der Waals surface area (Å²) in [6.07, 6.45) is 0. The molecule has 0 aromatic carbocycles. The molecule has 56 heavy (non-hydrogen) atoms. The van der Waals surface area contributed by atoms with E-state index in [4.69, 9.17) is 115 Å². The van der Waals surface area contributed by atoms with Crippen LogP contribution >= 0.6 is 63.3 Å². The van der Waals surface area contributed by atoms with Crippen LogP contribution in [0, 0.1) is 0 Å². The predicted molar refractivity (Wildman–Crippen MR) is 69.7 cm³/mol. The summed E-state index contributed by atoms with van der Waals surface area (Å²) < 4.78 is 149. The Morgan fingerprint density at radius 1 is 0.161 bits per heavy atom. The summed E-state index contributed by atoms with van der Waals surface area (Å²) in [7, 11) is -45.1. The Balaban J connectivity index is -0.00000000913. The van der Waals surface area contributed by atoms with Gasteiger partial charge in [-0.05, 0) is 0 Å². The van der Waals surface area contributed by atoms with Crippen molar-refractivity contribution in [3.63, 3.8) is 0 Å². The average molecular weight is 895 g/mol. The predicted octanol–water partition coefficient (Wildman–Crippen LogP) is -57.7. The van der Waals surface area contributed by atoms with Gasteiger partial charge < -0.3 is 115 Å². The van der Waals surface area contributed by atoms with E-state index in [1.807, 2.05) is 0 Å². The second-order valence-electron chi connectivity index (χ2n) is 3.45. The molecule has 0 rings (SSSR count). The molecule has 0 aromatic heterocycles. The molecule has 0 bridgehead atoms. The van der Waals surface area contributed by atoms with Gasteiger partial charge in [-0.3, -0.25) is 0 Å². The van der Waals surface area contributed by atoms with Crippen LogP contribution in [0.4, 0.5) is 33.6 Å². The smallest absolute Gasteiger partial charge is 0.786 e. The van der Waals surface area contributed by atoms with E-state index in [0.717, 1.165) is 0 Å². The number of rotatable bonds is 0. The first-order valence-electron chi connectivity index (χ1n) is 5.73. The van der Waals surface area contributed by atoms with Crippen molar-refractivity contribution in [3.8, 4) is 0 Å². The molecule has 0 fully saturated rings. The van der Waals surface area contributed by atoms with Crippen LogP contribution < -0.4 is 380 Å². The fraction of sp³-hybridized carbons (Fsp3) is 0. The Morgan fingerprint density at radius 3 is 0.161 bits per heavy atom. The molecule has 0 unspecified atom stereocenters. The molecule has 0 aliphatic rings. The van der Waals surface area contributed by atoms with Gasteiger partial charge in [-0.1, -0.05) is 0 Å². The molecule has 0 aliphatic heterocycles. The first-order chi connectivity index (χ1) is 16.0. The second kappa shape index (κ2) is 79.3. The Hall–Kier alpha value is 10.2. The van der Waals surface area contributed by atoms with E-state index in [9.17, 15) is 33.6 Å². The molecule has 0 amide bonds. The van der Waals surface area contributed by atoms with E-state index >= 15 is 0 Å². The van der Waals surface area contributed by atoms with Crippen molar-refractivity contribution in [3.05, 3.63) is 0 Å². The van der Waals surface area contributed by atoms with Gasteiger partial charge in [0.2, 0.25) is 0 Å². The topological polar surface area (TPSA) is 506 Å². The summed E-state index contributed by atoms with van der Waals surface area (Å²) in [5.74, 6) is 0. The van der Waals surface area contributed by atoms with E-state index in [1.165, 1.54) is 0 Å². The zero-order valence-electron chi connectivity index (χ0n) is 32.4. The summed E-state index contributed by atoms with van der Waals surface area (Å²) >= 11 is 0. The van der Waals surface area contributed by atoms with Gasteiger partial charge >= 0.3 is 302 Å². The molecule has 24 nitrogen and oxygen atoms in total. The molecule has 0 spiro atoms. The molecule has 0 saturated carbocycles. The largest absolute Gasteiger partial charge is 1.00 e. The average Bonchev–Trinajstić information content (AvgIpc) is 2.16. The maximum Gasteiger partial charge on any atom is 1.00 e. The SMILES string of the molecule is O=P([O-])([O-])F.O=P([O-])([O-])F.O=P([O-])([O-])F.O=P([O-])([O-])F.O=P([O-])([O-])F.O=P([O-])([O-])F.O=P([O-])([O-])F.O=P([O-])([O-])F.[Li+].[Li+].[Li+].[Li+].[Li+].[Li+].[Li+].[Li+].[Li+].[Li+].[Li+].[Li+].[Li+].[Li+].[Li+].[Li+]. The maximum atomic E-state index is 10.1. The fourth-order valence-corrected chi connectivity index (χ4v) is 0. The number of hydrogen-bond donors (Lipinski definition) is 0. The van der Waals surface area contributed by atoms with Gasteiger partial charge in [0, 0.05) is 0 Å². The molecular weight excluding hydrogens is 895 g/mol. The van der Waals surface area contributed by atoms with Crippen molar-refractivity contribution in [2.75, 3.05) is 0 Å². The third kappa shape index (κ3) is 2470. The molecule has 0 heterocycles. The van der Waals surface area contributed by atoms with E-state index in [-0.39, 0.29) is 302 Å². The van der Waals surface area contributed by atoms with Crippen molar-refractivity contribution < 1.29 is 450 Å². The number of halogens is 8. The quantitative estimate of drug-likeness (QED) is 0.124. The van der Waals surface area contributed by atoms with Gasteiger partial charge in [0.05, 0.1) is 0 Å². The van der Waals surface area contributed by atoms with E-state index in [2.05, 4.69) is 0 Å². The summed E-state index contributed by atoms with van der Waals surface area (Å²) in [6, 6.07) is 0. The van der Waals surface area contributed by atoms with Gasteiger partial charge in [-0.15, -0.1) is 0 Å². The Kier molecular flexibility index (Phi) is 224. The van der Waals surface area contributed by atoms with Crippen molar-refractivity contribution in [2.45, 2.75) is 0 Å². The van der Waals surface area contributed by atoms with E-state index < -0.39 is 63.3 Å². The number of hydrogen-bond acceptors (Lipinski definition) is 24. The van der Waals surface area contributed by atoms with Crippen molar-refractivity contribution in [1.82, 2.24) is 0 Å². The second-order valence-corrected chi connectivity index (χ2v) is 10.3. The summed E-state index contributed by atoms with van der Waals surface area (Å²) in [5.41, 5.74) is 0. The minimum Gasteiger partial charge on any atom is -0.786 e. The van der Waals surface area contributed by atoms with Crippen LogP contribution in [-0.4, -0.2) is 0 Å². The van der Waals surface area contributed by atoms with Gasteiger partial charge in [0.15, 0.2) is 0 Å². The molecule has 0 N–H and O–H groups in total. The van der Waals surface area contributed by atoms with Crippen LogP contribution in [0.2, 0.25) is 0 Å². The first kappa shape index (κ1) is 158. The van der Waals surface area contributed by atoms with E-state index in [0.29, 0.717) is 0 Å². The molecule has 0 saturated heterocycles. The molecule has 0 radical (unpaired) electrons. The summed E-state index contributed by atoms with van der Waals surface area (Å²) in [5, 5.41) is 0. The zero-order valence-corrected chi connectivity index (χ0v) is 39.6. The van der Waals surface area contributed by atoms with Gasteiger partial charge in [0.1, 0.15) is 63.3 Å². The summed E-state index contributed by atoms with van der Waals surface area (Å²) in [6.45, 7) is 0. The Bertz CT molecular complexity index is 713.